The fraction of sp³-hybridized carbons (Fsp3) is 0.550. The van der Waals surface area contributed by atoms with E-state index >= 15 is 0 Å². The summed E-state index contributed by atoms with van der Waals surface area (Å²) in [6, 6.07) is 0.966. The molecule has 1 atom stereocenters. The number of nitrogens with zero attached hydrogens (tertiary/aromatic N) is 3. The van der Waals surface area contributed by atoms with Crippen LogP contribution in [0.2, 0.25) is 0 Å². The van der Waals surface area contributed by atoms with Crippen molar-refractivity contribution in [2.75, 3.05) is 31.1 Å². The van der Waals surface area contributed by atoms with Gasteiger partial charge in [0.25, 0.3) is 5.91 Å². The summed E-state index contributed by atoms with van der Waals surface area (Å²) in [5, 5.41) is 4.87. The zero-order valence-corrected chi connectivity index (χ0v) is 17.4. The molecule has 10 heteroatoms. The minimum atomic E-state index is -0.740. The molecule has 1 aromatic heterocycles. The number of carbonyl (C=O) groups is 4. The van der Waals surface area contributed by atoms with E-state index in [9.17, 15) is 19.2 Å². The van der Waals surface area contributed by atoms with Gasteiger partial charge in [-0.1, -0.05) is 0 Å². The Morgan fingerprint density at radius 1 is 1.17 bits per heavy atom. The predicted molar refractivity (Wildman–Crippen MR) is 108 cm³/mol. The predicted octanol–water partition coefficient (Wildman–Crippen LogP) is 0.674. The molecule has 2 saturated heterocycles. The Hall–Kier alpha value is -3.17. The molecule has 30 heavy (non-hydrogen) atoms. The van der Waals surface area contributed by atoms with Crippen LogP contribution in [-0.4, -0.2) is 71.5 Å². The number of aromatic nitrogens is 1. The van der Waals surface area contributed by atoms with E-state index in [1.165, 1.54) is 6.20 Å². The van der Waals surface area contributed by atoms with Crippen molar-refractivity contribution in [2.45, 2.75) is 45.3 Å². The summed E-state index contributed by atoms with van der Waals surface area (Å²) in [7, 11) is 0. The number of anilines is 1. The Labute approximate surface area is 174 Å². The summed E-state index contributed by atoms with van der Waals surface area (Å²) in [6.45, 7) is 7.66. The number of imide groups is 1. The number of piperazine rings is 1. The number of amides is 4. The van der Waals surface area contributed by atoms with Crippen molar-refractivity contribution in [3.63, 3.8) is 0 Å². The second-order valence-electron chi connectivity index (χ2n) is 8.36. The minimum Gasteiger partial charge on any atom is -0.444 e. The highest BCUT2D eigenvalue weighted by Gasteiger charge is 2.29. The molecule has 2 fully saturated rings. The van der Waals surface area contributed by atoms with Gasteiger partial charge >= 0.3 is 6.09 Å². The molecule has 2 N–H and O–H groups in total. The third-order valence-electron chi connectivity index (χ3n) is 4.83. The van der Waals surface area contributed by atoms with Crippen LogP contribution in [0.4, 0.5) is 10.5 Å². The van der Waals surface area contributed by atoms with Crippen LogP contribution in [-0.2, 0) is 14.3 Å². The van der Waals surface area contributed by atoms with E-state index in [-0.39, 0.29) is 24.8 Å². The number of nitrogens with one attached hydrogen (secondary N) is 2. The van der Waals surface area contributed by atoms with Gasteiger partial charge < -0.3 is 19.9 Å². The molecule has 2 aliphatic heterocycles. The number of pyridine rings is 1. The summed E-state index contributed by atoms with van der Waals surface area (Å²) in [5.41, 5.74) is 0.545. The average molecular weight is 417 g/mol. The molecular weight excluding hydrogens is 390 g/mol. The molecule has 162 valence electrons. The minimum absolute atomic E-state index is 0.191. The van der Waals surface area contributed by atoms with Crippen molar-refractivity contribution in [2.24, 2.45) is 0 Å². The van der Waals surface area contributed by atoms with Gasteiger partial charge in [-0.2, -0.15) is 0 Å². The molecule has 0 spiro atoms. The highest BCUT2D eigenvalue weighted by Crippen LogP contribution is 2.19. The van der Waals surface area contributed by atoms with Gasteiger partial charge in [0.1, 0.15) is 11.6 Å². The lowest BCUT2D eigenvalue weighted by atomic mass is 10.1. The Morgan fingerprint density at radius 3 is 2.50 bits per heavy atom. The van der Waals surface area contributed by atoms with E-state index in [0.717, 1.165) is 5.69 Å². The Kier molecular flexibility index (Phi) is 6.23. The van der Waals surface area contributed by atoms with Crippen LogP contribution < -0.4 is 15.5 Å². The maximum Gasteiger partial charge on any atom is 0.410 e. The third-order valence-corrected chi connectivity index (χ3v) is 4.83. The summed E-state index contributed by atoms with van der Waals surface area (Å²) in [4.78, 5) is 55.7. The van der Waals surface area contributed by atoms with Crippen LogP contribution in [0.25, 0.3) is 0 Å². The SMILES string of the molecule is CC(C)(C)OC(=O)N1CCN(c2cncc(C(=O)NC3CCC(=O)NC3=O)c2)CC1. The van der Waals surface area contributed by atoms with E-state index in [0.29, 0.717) is 31.7 Å². The maximum absolute atomic E-state index is 12.5. The quantitative estimate of drug-likeness (QED) is 0.694. The highest BCUT2D eigenvalue weighted by atomic mass is 16.6. The largest absolute Gasteiger partial charge is 0.444 e. The second-order valence-corrected chi connectivity index (χ2v) is 8.36. The van der Waals surface area contributed by atoms with Crippen LogP contribution in [0.1, 0.15) is 44.0 Å². The normalized spacial score (nSPS) is 19.9. The van der Waals surface area contributed by atoms with E-state index in [1.54, 1.807) is 17.2 Å². The molecular formula is C20H27N5O5. The monoisotopic (exact) mass is 417 g/mol. The number of hydrogen-bond acceptors (Lipinski definition) is 7. The van der Waals surface area contributed by atoms with Gasteiger partial charge in [0.15, 0.2) is 0 Å². The molecule has 0 saturated carbocycles. The van der Waals surface area contributed by atoms with Gasteiger partial charge in [0, 0.05) is 38.8 Å². The molecule has 3 rings (SSSR count). The molecule has 0 aliphatic carbocycles. The lowest BCUT2D eigenvalue weighted by Gasteiger charge is -2.36. The number of piperidine rings is 1. The van der Waals surface area contributed by atoms with Gasteiger partial charge in [-0.3, -0.25) is 24.7 Å². The van der Waals surface area contributed by atoms with Crippen LogP contribution in [0.3, 0.4) is 0 Å². The second kappa shape index (κ2) is 8.68. The molecule has 4 amide bonds. The number of carbonyl (C=O) groups excluding carboxylic acids is 4. The first kappa shape index (κ1) is 21.5. The fourth-order valence-electron chi connectivity index (χ4n) is 3.27. The van der Waals surface area contributed by atoms with Gasteiger partial charge in [-0.05, 0) is 33.3 Å². The molecule has 1 unspecified atom stereocenters. The molecule has 0 radical (unpaired) electrons. The Balaban J connectivity index is 1.58. The van der Waals surface area contributed by atoms with E-state index in [2.05, 4.69) is 15.6 Å². The Morgan fingerprint density at radius 2 is 1.87 bits per heavy atom. The molecule has 3 heterocycles. The first-order valence-corrected chi connectivity index (χ1v) is 9.95. The maximum atomic E-state index is 12.5. The van der Waals surface area contributed by atoms with Crippen LogP contribution in [0, 0.1) is 0 Å². The smallest absolute Gasteiger partial charge is 0.410 e. The number of hydrogen-bond donors (Lipinski definition) is 2. The summed E-state index contributed by atoms with van der Waals surface area (Å²) in [6.07, 6.45) is 3.22. The van der Waals surface area contributed by atoms with Gasteiger partial charge in [-0.25, -0.2) is 4.79 Å². The van der Waals surface area contributed by atoms with Gasteiger partial charge in [0.2, 0.25) is 11.8 Å². The lowest BCUT2D eigenvalue weighted by Crippen LogP contribution is -2.52. The van der Waals surface area contributed by atoms with Crippen molar-refractivity contribution in [1.29, 1.82) is 0 Å². The molecule has 1 aromatic rings. The number of rotatable bonds is 3. The van der Waals surface area contributed by atoms with Crippen LogP contribution in [0.15, 0.2) is 18.5 Å². The molecule has 10 nitrogen and oxygen atoms in total. The van der Waals surface area contributed by atoms with Crippen molar-refractivity contribution in [3.05, 3.63) is 24.0 Å². The zero-order valence-electron chi connectivity index (χ0n) is 17.4. The summed E-state index contributed by atoms with van der Waals surface area (Å²) >= 11 is 0. The molecule has 2 aliphatic rings. The summed E-state index contributed by atoms with van der Waals surface area (Å²) in [5.74, 6) is -1.26. The van der Waals surface area contributed by atoms with E-state index < -0.39 is 23.5 Å². The van der Waals surface area contributed by atoms with Crippen molar-refractivity contribution < 1.29 is 23.9 Å². The van der Waals surface area contributed by atoms with Gasteiger partial charge in [0.05, 0.1) is 17.4 Å². The van der Waals surface area contributed by atoms with E-state index in [4.69, 9.17) is 4.74 Å². The van der Waals surface area contributed by atoms with Crippen LogP contribution >= 0.6 is 0 Å². The van der Waals surface area contributed by atoms with Crippen molar-refractivity contribution in [3.8, 4) is 0 Å². The van der Waals surface area contributed by atoms with Crippen LogP contribution in [0.5, 0.6) is 0 Å². The standard InChI is InChI=1S/C20H27N5O5/c1-20(2,3)30-19(29)25-8-6-24(7-9-25)14-10-13(11-21-12-14)17(27)22-15-4-5-16(26)23-18(15)28/h10-12,15H,4-9H2,1-3H3,(H,22,27)(H,23,26,28). The van der Waals surface area contributed by atoms with Gasteiger partial charge in [-0.15, -0.1) is 0 Å². The third kappa shape index (κ3) is 5.46. The first-order chi connectivity index (χ1) is 14.1. The molecule has 0 bridgehead atoms. The van der Waals surface area contributed by atoms with Crippen molar-refractivity contribution in [1.82, 2.24) is 20.5 Å². The average Bonchev–Trinajstić information content (AvgIpc) is 2.69. The number of ether oxygens (including phenoxy) is 1. The summed E-state index contributed by atoms with van der Waals surface area (Å²) < 4.78 is 5.41. The fourth-order valence-corrected chi connectivity index (χ4v) is 3.27. The first-order valence-electron chi connectivity index (χ1n) is 9.95. The highest BCUT2D eigenvalue weighted by molar-refractivity contribution is 6.03. The topological polar surface area (TPSA) is 121 Å². The lowest BCUT2D eigenvalue weighted by molar-refractivity contribution is -0.134. The zero-order chi connectivity index (χ0) is 21.9. The van der Waals surface area contributed by atoms with Crippen molar-refractivity contribution >= 4 is 29.5 Å². The molecule has 0 aromatic carbocycles. The van der Waals surface area contributed by atoms with E-state index in [1.807, 2.05) is 25.7 Å². The Bertz CT molecular complexity index is 842.